The van der Waals surface area contributed by atoms with Crippen LogP contribution >= 0.6 is 0 Å². The van der Waals surface area contributed by atoms with E-state index in [0.717, 1.165) is 37.6 Å². The molecule has 0 aliphatic heterocycles. The minimum absolute atomic E-state index is 0.210. The van der Waals surface area contributed by atoms with Crippen molar-refractivity contribution in [3.05, 3.63) is 83.8 Å². The topological polar surface area (TPSA) is 30.2 Å². The van der Waals surface area contributed by atoms with Gasteiger partial charge in [-0.15, -0.1) is 0 Å². The van der Waals surface area contributed by atoms with Crippen molar-refractivity contribution in [2.45, 2.75) is 51.6 Å². The number of fused-ring (bicyclic) bond motifs is 1. The Kier molecular flexibility index (Phi) is 7.89. The summed E-state index contributed by atoms with van der Waals surface area (Å²) in [5.74, 6) is 0.365. The number of allylic oxidation sites excluding steroid dienone is 4. The molecule has 1 unspecified atom stereocenters. The summed E-state index contributed by atoms with van der Waals surface area (Å²) in [6.45, 7) is 2.71. The number of aryl methyl sites for hydroxylation is 2. The molecule has 0 amide bonds. The second-order valence-electron chi connectivity index (χ2n) is 9.41. The van der Waals surface area contributed by atoms with Crippen LogP contribution in [-0.2, 0) is 19.6 Å². The van der Waals surface area contributed by atoms with Gasteiger partial charge in [-0.3, -0.25) is 9.98 Å². The van der Waals surface area contributed by atoms with Gasteiger partial charge in [0.15, 0.2) is 0 Å². The van der Waals surface area contributed by atoms with Crippen LogP contribution < -0.4 is 0 Å². The molecule has 0 spiro atoms. The van der Waals surface area contributed by atoms with Crippen LogP contribution in [0.25, 0.3) is 16.5 Å². The second-order valence-corrected chi connectivity index (χ2v) is 9.41. The highest BCUT2D eigenvalue weighted by atomic mass is 19.4. The van der Waals surface area contributed by atoms with Crippen molar-refractivity contribution in [3.8, 4) is 0 Å². The van der Waals surface area contributed by atoms with E-state index in [-0.39, 0.29) is 5.56 Å². The standard InChI is InChI=1S/C29H32F3N3/c1-21-7-6-9-27(34-15-5-3-4-8-22-12-16-33-17-13-22)24(11-10-21)25-20-28-23(14-18-35(28)2)19-26(25)29(30,31)32/h6,9,11-14,16-21H,3-5,7-8,10,15H2,1-2H3/b9-6-,24-11+,34-27?. The zero-order valence-corrected chi connectivity index (χ0v) is 20.4. The van der Waals surface area contributed by atoms with Crippen LogP contribution in [0.2, 0.25) is 0 Å². The zero-order valence-electron chi connectivity index (χ0n) is 20.4. The Morgan fingerprint density at radius 3 is 2.63 bits per heavy atom. The number of rotatable bonds is 7. The maximum atomic E-state index is 14.2. The molecule has 0 bridgehead atoms. The van der Waals surface area contributed by atoms with Crippen molar-refractivity contribution >= 4 is 22.2 Å². The average molecular weight is 480 g/mol. The molecule has 3 nitrogen and oxygen atoms in total. The van der Waals surface area contributed by atoms with Gasteiger partial charge in [-0.25, -0.2) is 0 Å². The van der Waals surface area contributed by atoms with E-state index in [4.69, 9.17) is 4.99 Å². The first kappa shape index (κ1) is 25.0. The number of alkyl halides is 3. The number of nitrogens with zero attached hydrogens (tertiary/aromatic N) is 3. The smallest absolute Gasteiger partial charge is 0.351 e. The van der Waals surface area contributed by atoms with Crippen LogP contribution in [0.5, 0.6) is 0 Å². The third kappa shape index (κ3) is 6.30. The average Bonchev–Trinajstić information content (AvgIpc) is 3.19. The lowest BCUT2D eigenvalue weighted by molar-refractivity contribution is -0.137. The molecule has 3 aromatic rings. The fraction of sp³-hybridized carbons (Fsp3) is 0.379. The summed E-state index contributed by atoms with van der Waals surface area (Å²) < 4.78 is 44.3. The summed E-state index contributed by atoms with van der Waals surface area (Å²) >= 11 is 0. The third-order valence-electron chi connectivity index (χ3n) is 6.59. The van der Waals surface area contributed by atoms with Crippen LogP contribution in [-0.4, -0.2) is 21.8 Å². The van der Waals surface area contributed by atoms with Crippen molar-refractivity contribution in [1.29, 1.82) is 0 Å². The maximum Gasteiger partial charge on any atom is 0.417 e. The summed E-state index contributed by atoms with van der Waals surface area (Å²) in [5, 5.41) is 0.589. The molecule has 35 heavy (non-hydrogen) atoms. The van der Waals surface area contributed by atoms with E-state index in [1.54, 1.807) is 30.7 Å². The lowest BCUT2D eigenvalue weighted by atomic mass is 9.89. The number of unbranched alkanes of at least 4 members (excludes halogenated alkanes) is 2. The summed E-state index contributed by atoms with van der Waals surface area (Å²) in [5.41, 5.74) is 2.88. The molecule has 2 heterocycles. The Hall–Kier alpha value is -3.15. The molecular formula is C29H32F3N3. The molecule has 184 valence electrons. The van der Waals surface area contributed by atoms with Crippen LogP contribution in [0, 0.1) is 5.92 Å². The molecule has 1 atom stereocenters. The lowest BCUT2D eigenvalue weighted by Crippen LogP contribution is -2.13. The highest BCUT2D eigenvalue weighted by Crippen LogP contribution is 2.39. The van der Waals surface area contributed by atoms with E-state index in [9.17, 15) is 13.2 Å². The highest BCUT2D eigenvalue weighted by Gasteiger charge is 2.35. The van der Waals surface area contributed by atoms with Crippen molar-refractivity contribution in [2.75, 3.05) is 6.54 Å². The molecule has 1 aliphatic carbocycles. The third-order valence-corrected chi connectivity index (χ3v) is 6.59. The first-order chi connectivity index (χ1) is 16.8. The highest BCUT2D eigenvalue weighted by molar-refractivity contribution is 6.30. The first-order valence-corrected chi connectivity index (χ1v) is 12.3. The lowest BCUT2D eigenvalue weighted by Gasteiger charge is -2.19. The van der Waals surface area contributed by atoms with Gasteiger partial charge in [0.25, 0.3) is 0 Å². The van der Waals surface area contributed by atoms with Gasteiger partial charge in [-0.2, -0.15) is 13.2 Å². The van der Waals surface area contributed by atoms with Crippen molar-refractivity contribution < 1.29 is 13.2 Å². The van der Waals surface area contributed by atoms with E-state index in [0.29, 0.717) is 35.6 Å². The maximum absolute atomic E-state index is 14.2. The number of hydrogen-bond acceptors (Lipinski definition) is 2. The van der Waals surface area contributed by atoms with Gasteiger partial charge < -0.3 is 4.57 Å². The number of aliphatic imine (C=N–C) groups is 1. The summed E-state index contributed by atoms with van der Waals surface area (Å²) in [6.07, 6.45) is 12.4. The molecule has 0 saturated carbocycles. The van der Waals surface area contributed by atoms with Crippen molar-refractivity contribution in [2.24, 2.45) is 18.0 Å². The first-order valence-electron chi connectivity index (χ1n) is 12.3. The van der Waals surface area contributed by atoms with E-state index in [1.165, 1.54) is 11.6 Å². The predicted octanol–water partition coefficient (Wildman–Crippen LogP) is 7.82. The Bertz CT molecular complexity index is 1230. The largest absolute Gasteiger partial charge is 0.417 e. The van der Waals surface area contributed by atoms with Gasteiger partial charge in [-0.05, 0) is 85.6 Å². The van der Waals surface area contributed by atoms with Gasteiger partial charge in [0.05, 0.1) is 11.3 Å². The van der Waals surface area contributed by atoms with Crippen LogP contribution in [0.3, 0.4) is 0 Å². The fourth-order valence-corrected chi connectivity index (χ4v) is 4.55. The van der Waals surface area contributed by atoms with Gasteiger partial charge >= 0.3 is 6.18 Å². The number of benzene rings is 1. The summed E-state index contributed by atoms with van der Waals surface area (Å²) in [7, 11) is 1.86. The molecule has 4 rings (SSSR count). The fourth-order valence-electron chi connectivity index (χ4n) is 4.55. The van der Waals surface area contributed by atoms with E-state index < -0.39 is 11.7 Å². The summed E-state index contributed by atoms with van der Waals surface area (Å²) in [4.78, 5) is 8.85. The minimum Gasteiger partial charge on any atom is -0.351 e. The monoisotopic (exact) mass is 479 g/mol. The zero-order chi connectivity index (χ0) is 24.8. The Morgan fingerprint density at radius 1 is 1.06 bits per heavy atom. The normalized spacial score (nSPS) is 20.4. The predicted molar refractivity (Wildman–Crippen MR) is 138 cm³/mol. The number of hydrogen-bond donors (Lipinski definition) is 0. The van der Waals surface area contributed by atoms with E-state index in [2.05, 4.69) is 11.9 Å². The van der Waals surface area contributed by atoms with E-state index >= 15 is 0 Å². The molecule has 0 fully saturated rings. The van der Waals surface area contributed by atoms with Gasteiger partial charge in [0.1, 0.15) is 0 Å². The van der Waals surface area contributed by atoms with Gasteiger partial charge in [0, 0.05) is 48.7 Å². The quantitative estimate of drug-likeness (QED) is 0.318. The SMILES string of the molecule is CC1C/C=C\C(=NCCCCCc2ccncc2)/C(c2cc3c(ccn3C)cc2C(F)(F)F)=C/C1. The van der Waals surface area contributed by atoms with Gasteiger partial charge in [-0.1, -0.05) is 25.5 Å². The molecule has 0 saturated heterocycles. The molecule has 1 aromatic carbocycles. The Balaban J connectivity index is 1.59. The molecular weight excluding hydrogens is 447 g/mol. The number of halogens is 3. The van der Waals surface area contributed by atoms with Crippen LogP contribution in [0.15, 0.2) is 72.1 Å². The van der Waals surface area contributed by atoms with Crippen LogP contribution in [0.1, 0.15) is 55.7 Å². The molecule has 0 N–H and O–H groups in total. The van der Waals surface area contributed by atoms with E-state index in [1.807, 2.05) is 42.0 Å². The summed E-state index contributed by atoms with van der Waals surface area (Å²) in [6, 6.07) is 8.73. The Labute approximate surface area is 205 Å². The van der Waals surface area contributed by atoms with Gasteiger partial charge in [0.2, 0.25) is 0 Å². The molecule has 1 aliphatic rings. The molecule has 0 radical (unpaired) electrons. The molecule has 2 aromatic heterocycles. The second kappa shape index (κ2) is 11.1. The Morgan fingerprint density at radius 2 is 1.86 bits per heavy atom. The molecule has 6 heteroatoms. The van der Waals surface area contributed by atoms with Crippen molar-refractivity contribution in [1.82, 2.24) is 9.55 Å². The van der Waals surface area contributed by atoms with Crippen molar-refractivity contribution in [3.63, 3.8) is 0 Å². The minimum atomic E-state index is -4.45. The van der Waals surface area contributed by atoms with Crippen LogP contribution in [0.4, 0.5) is 13.2 Å². The number of pyridine rings is 1. The number of aromatic nitrogens is 2.